The first-order valence-electron chi connectivity index (χ1n) is 6.48. The number of benzene rings is 1. The van der Waals surface area contributed by atoms with E-state index in [1.165, 1.54) is 11.8 Å². The van der Waals surface area contributed by atoms with E-state index in [1.54, 1.807) is 6.07 Å². The van der Waals surface area contributed by atoms with Crippen molar-refractivity contribution in [1.29, 1.82) is 0 Å². The predicted molar refractivity (Wildman–Crippen MR) is 76.0 cm³/mol. The molecule has 0 saturated heterocycles. The summed E-state index contributed by atoms with van der Waals surface area (Å²) in [4.78, 5) is 14.2. The van der Waals surface area contributed by atoms with Gasteiger partial charge in [0.2, 0.25) is 5.91 Å². The van der Waals surface area contributed by atoms with Gasteiger partial charge in [0.25, 0.3) is 0 Å². The van der Waals surface area contributed by atoms with Gasteiger partial charge in [0, 0.05) is 6.07 Å². The second kappa shape index (κ2) is 6.34. The Morgan fingerprint density at radius 2 is 2.00 bits per heavy atom. The lowest BCUT2D eigenvalue weighted by atomic mass is 10.0. The van der Waals surface area contributed by atoms with Crippen LogP contribution in [0.15, 0.2) is 41.1 Å². The van der Waals surface area contributed by atoms with Crippen LogP contribution in [-0.2, 0) is 11.3 Å². The Morgan fingerprint density at radius 1 is 1.30 bits per heavy atom. The van der Waals surface area contributed by atoms with Crippen molar-refractivity contribution in [2.45, 2.75) is 19.5 Å². The molecule has 5 heteroatoms. The van der Waals surface area contributed by atoms with E-state index >= 15 is 0 Å². The quantitative estimate of drug-likeness (QED) is 0.904. The molecule has 0 aliphatic carbocycles. The van der Waals surface area contributed by atoms with Gasteiger partial charge in [-0.1, -0.05) is 35.0 Å². The molecule has 106 valence electrons. The van der Waals surface area contributed by atoms with Crippen LogP contribution in [0.1, 0.15) is 22.9 Å². The van der Waals surface area contributed by atoms with Crippen molar-refractivity contribution in [1.82, 2.24) is 15.4 Å². The molecule has 0 radical (unpaired) electrons. The molecule has 1 amide bonds. The van der Waals surface area contributed by atoms with Gasteiger partial charge in [-0.25, -0.2) is 0 Å². The molecule has 2 rings (SSSR count). The van der Waals surface area contributed by atoms with Crippen molar-refractivity contribution < 1.29 is 9.32 Å². The summed E-state index contributed by atoms with van der Waals surface area (Å²) in [6.07, 6.45) is 1.49. The van der Waals surface area contributed by atoms with E-state index in [2.05, 4.69) is 10.5 Å². The largest absolute Gasteiger partial charge is 0.364 e. The maximum atomic E-state index is 12.4. The minimum atomic E-state index is -0.317. The maximum Gasteiger partial charge on any atom is 0.242 e. The Kier molecular flexibility index (Phi) is 4.53. The molecule has 0 saturated carbocycles. The van der Waals surface area contributed by atoms with Gasteiger partial charge >= 0.3 is 0 Å². The normalized spacial score (nSPS) is 12.4. The first-order valence-corrected chi connectivity index (χ1v) is 6.48. The molecular weight excluding hydrogens is 254 g/mol. The molecule has 1 heterocycles. The van der Waals surface area contributed by atoms with Crippen molar-refractivity contribution in [3.8, 4) is 0 Å². The molecule has 0 fully saturated rings. The van der Waals surface area contributed by atoms with Gasteiger partial charge < -0.3 is 9.84 Å². The van der Waals surface area contributed by atoms with Gasteiger partial charge in [-0.05, 0) is 26.6 Å². The Balaban J connectivity index is 2.08. The number of amides is 1. The van der Waals surface area contributed by atoms with Crippen LogP contribution in [0.25, 0.3) is 0 Å². The number of carbonyl (C=O) groups is 1. The minimum Gasteiger partial charge on any atom is -0.364 e. The van der Waals surface area contributed by atoms with E-state index in [4.69, 9.17) is 4.52 Å². The van der Waals surface area contributed by atoms with Crippen molar-refractivity contribution in [2.24, 2.45) is 0 Å². The van der Waals surface area contributed by atoms with E-state index in [0.29, 0.717) is 12.2 Å². The molecule has 1 aromatic carbocycles. The molecule has 5 nitrogen and oxygen atoms in total. The summed E-state index contributed by atoms with van der Waals surface area (Å²) in [5.41, 5.74) is 2.85. The summed E-state index contributed by atoms with van der Waals surface area (Å²) >= 11 is 0. The Hall–Kier alpha value is -2.14. The molecule has 0 unspecified atom stereocenters. The number of nitrogens with one attached hydrogen (secondary N) is 1. The lowest BCUT2D eigenvalue weighted by Crippen LogP contribution is -2.36. The average Bonchev–Trinajstić information content (AvgIpc) is 2.92. The molecule has 2 aromatic rings. The van der Waals surface area contributed by atoms with Crippen LogP contribution in [0.3, 0.4) is 0 Å². The highest BCUT2D eigenvalue weighted by Crippen LogP contribution is 2.19. The highest BCUT2D eigenvalue weighted by Gasteiger charge is 2.22. The van der Waals surface area contributed by atoms with E-state index in [1.807, 2.05) is 50.2 Å². The van der Waals surface area contributed by atoms with E-state index < -0.39 is 0 Å². The highest BCUT2D eigenvalue weighted by atomic mass is 16.5. The number of aromatic nitrogens is 1. The number of hydrogen-bond donors (Lipinski definition) is 1. The van der Waals surface area contributed by atoms with Crippen LogP contribution >= 0.6 is 0 Å². The summed E-state index contributed by atoms with van der Waals surface area (Å²) in [5, 5.41) is 6.65. The van der Waals surface area contributed by atoms with Crippen LogP contribution in [-0.4, -0.2) is 30.1 Å². The third kappa shape index (κ3) is 3.45. The zero-order chi connectivity index (χ0) is 14.5. The Morgan fingerprint density at radius 3 is 2.55 bits per heavy atom. The summed E-state index contributed by atoms with van der Waals surface area (Å²) < 4.78 is 4.74. The Labute approximate surface area is 118 Å². The number of nitrogens with zero attached hydrogens (tertiary/aromatic N) is 2. The van der Waals surface area contributed by atoms with E-state index in [0.717, 1.165) is 5.56 Å². The molecule has 0 aliphatic heterocycles. The Bertz CT molecular complexity index is 547. The van der Waals surface area contributed by atoms with Gasteiger partial charge in [0.05, 0.1) is 6.54 Å². The molecule has 1 atom stereocenters. The number of aryl methyl sites for hydroxylation is 1. The SMILES string of the molecule is Cc1ccc([C@H](C(=O)NCc2ccon2)N(C)C)cc1. The second-order valence-electron chi connectivity index (χ2n) is 4.99. The fourth-order valence-electron chi connectivity index (χ4n) is 2.04. The van der Waals surface area contributed by atoms with Crippen molar-refractivity contribution in [3.63, 3.8) is 0 Å². The topological polar surface area (TPSA) is 58.4 Å². The lowest BCUT2D eigenvalue weighted by molar-refractivity contribution is -0.126. The van der Waals surface area contributed by atoms with Gasteiger partial charge in [-0.2, -0.15) is 0 Å². The lowest BCUT2D eigenvalue weighted by Gasteiger charge is -2.23. The summed E-state index contributed by atoms with van der Waals surface area (Å²) in [5.74, 6) is -0.0538. The highest BCUT2D eigenvalue weighted by molar-refractivity contribution is 5.83. The first-order chi connectivity index (χ1) is 9.58. The standard InChI is InChI=1S/C15H19N3O2/c1-11-4-6-12(7-5-11)14(18(2)3)15(19)16-10-13-8-9-20-17-13/h4-9,14H,10H2,1-3H3,(H,16,19)/t14-/m1/s1. The monoisotopic (exact) mass is 273 g/mol. The van der Waals surface area contributed by atoms with Gasteiger partial charge in [0.15, 0.2) is 0 Å². The molecule has 0 aliphatic rings. The minimum absolute atomic E-state index is 0.0538. The van der Waals surface area contributed by atoms with Crippen LogP contribution in [0, 0.1) is 6.92 Å². The third-order valence-corrected chi connectivity index (χ3v) is 3.09. The molecule has 1 N–H and O–H groups in total. The average molecular weight is 273 g/mol. The van der Waals surface area contributed by atoms with Crippen LogP contribution in [0.2, 0.25) is 0 Å². The van der Waals surface area contributed by atoms with E-state index in [-0.39, 0.29) is 11.9 Å². The number of carbonyl (C=O) groups excluding carboxylic acids is 1. The molecule has 20 heavy (non-hydrogen) atoms. The maximum absolute atomic E-state index is 12.4. The summed E-state index contributed by atoms with van der Waals surface area (Å²) in [7, 11) is 3.78. The first kappa shape index (κ1) is 14.3. The van der Waals surface area contributed by atoms with Crippen molar-refractivity contribution in [2.75, 3.05) is 14.1 Å². The summed E-state index contributed by atoms with van der Waals surface area (Å²) in [6, 6.07) is 9.40. The third-order valence-electron chi connectivity index (χ3n) is 3.09. The fourth-order valence-corrected chi connectivity index (χ4v) is 2.04. The van der Waals surface area contributed by atoms with Gasteiger partial charge in [-0.15, -0.1) is 0 Å². The van der Waals surface area contributed by atoms with Gasteiger partial charge in [0.1, 0.15) is 18.0 Å². The van der Waals surface area contributed by atoms with E-state index in [9.17, 15) is 4.79 Å². The zero-order valence-electron chi connectivity index (χ0n) is 12.0. The predicted octanol–water partition coefficient (Wildman–Crippen LogP) is 1.90. The molecule has 0 spiro atoms. The second-order valence-corrected chi connectivity index (χ2v) is 4.99. The molecular formula is C15H19N3O2. The number of hydrogen-bond acceptors (Lipinski definition) is 4. The zero-order valence-corrected chi connectivity index (χ0v) is 12.0. The van der Waals surface area contributed by atoms with Crippen LogP contribution in [0.5, 0.6) is 0 Å². The molecule has 1 aromatic heterocycles. The van der Waals surface area contributed by atoms with Crippen LogP contribution < -0.4 is 5.32 Å². The number of likely N-dealkylation sites (N-methyl/N-ethyl adjacent to an activating group) is 1. The van der Waals surface area contributed by atoms with Gasteiger partial charge in [-0.3, -0.25) is 9.69 Å². The smallest absolute Gasteiger partial charge is 0.242 e. The summed E-state index contributed by atoms with van der Waals surface area (Å²) in [6.45, 7) is 2.39. The number of rotatable bonds is 5. The molecule has 0 bridgehead atoms. The van der Waals surface area contributed by atoms with Crippen molar-refractivity contribution >= 4 is 5.91 Å². The van der Waals surface area contributed by atoms with Crippen LogP contribution in [0.4, 0.5) is 0 Å². The fraction of sp³-hybridized carbons (Fsp3) is 0.333. The van der Waals surface area contributed by atoms with Crippen molar-refractivity contribution in [3.05, 3.63) is 53.4 Å².